The number of halogens is 1. The van der Waals surface area contributed by atoms with Gasteiger partial charge in [-0.15, -0.1) is 0 Å². The molecule has 3 heteroatoms. The third-order valence-corrected chi connectivity index (χ3v) is 5.24. The van der Waals surface area contributed by atoms with Gasteiger partial charge in [-0.3, -0.25) is 4.99 Å². The van der Waals surface area contributed by atoms with Crippen LogP contribution >= 0.6 is 0 Å². The van der Waals surface area contributed by atoms with Gasteiger partial charge in [-0.2, -0.15) is 0 Å². The highest BCUT2D eigenvalue weighted by atomic mass is 19.1. The van der Waals surface area contributed by atoms with Crippen LogP contribution in [0, 0.1) is 5.82 Å². The fourth-order valence-corrected chi connectivity index (χ4v) is 3.64. The third kappa shape index (κ3) is 4.84. The number of rotatable bonds is 6. The summed E-state index contributed by atoms with van der Waals surface area (Å²) in [5.41, 5.74) is 5.58. The Hall–Kier alpha value is -3.98. The first-order chi connectivity index (χ1) is 15.7. The zero-order valence-corrected chi connectivity index (χ0v) is 18.1. The second kappa shape index (κ2) is 9.88. The first kappa shape index (κ1) is 21.3. The van der Waals surface area contributed by atoms with E-state index in [4.69, 9.17) is 9.73 Å². The van der Waals surface area contributed by atoms with Crippen LogP contribution in [0.25, 0.3) is 11.6 Å². The number of methoxy groups -OCH3 is 1. The zero-order chi connectivity index (χ0) is 22.3. The lowest BCUT2D eigenvalue weighted by molar-refractivity contribution is 0.415. The highest BCUT2D eigenvalue weighted by molar-refractivity contribution is 6.07. The highest BCUT2D eigenvalue weighted by Gasteiger charge is 2.17. The van der Waals surface area contributed by atoms with Gasteiger partial charge in [0.1, 0.15) is 11.6 Å². The molecule has 0 aliphatic carbocycles. The van der Waals surface area contributed by atoms with Crippen LogP contribution < -0.4 is 4.74 Å². The number of ether oxygens (including phenoxy) is 1. The molecule has 0 atom stereocenters. The van der Waals surface area contributed by atoms with E-state index in [9.17, 15) is 0 Å². The lowest BCUT2D eigenvalue weighted by atomic mass is 9.90. The van der Waals surface area contributed by atoms with Gasteiger partial charge in [0.25, 0.3) is 0 Å². The molecule has 0 bridgehead atoms. The van der Waals surface area contributed by atoms with Gasteiger partial charge in [0.05, 0.1) is 12.8 Å². The molecule has 0 N–H and O–H groups in total. The summed E-state index contributed by atoms with van der Waals surface area (Å²) in [6.07, 6.45) is 2.03. The van der Waals surface area contributed by atoms with Gasteiger partial charge in [-0.05, 0) is 60.0 Å². The van der Waals surface area contributed by atoms with Crippen molar-refractivity contribution in [3.05, 3.63) is 131 Å². The summed E-state index contributed by atoms with van der Waals surface area (Å²) >= 11 is 0. The van der Waals surface area contributed by atoms with E-state index in [1.807, 2.05) is 104 Å². The van der Waals surface area contributed by atoms with Crippen LogP contribution in [0.15, 0.2) is 108 Å². The summed E-state index contributed by atoms with van der Waals surface area (Å²) < 4.78 is 20.6. The maximum atomic E-state index is 15.4. The molecule has 0 unspecified atom stereocenters. The van der Waals surface area contributed by atoms with Crippen molar-refractivity contribution in [3.8, 4) is 5.75 Å². The van der Waals surface area contributed by atoms with Crippen LogP contribution in [0.4, 0.5) is 10.1 Å². The topological polar surface area (TPSA) is 21.6 Å². The quantitative estimate of drug-likeness (QED) is 0.232. The van der Waals surface area contributed by atoms with Crippen molar-refractivity contribution < 1.29 is 9.13 Å². The summed E-state index contributed by atoms with van der Waals surface area (Å²) in [7, 11) is 1.63. The second-order valence-corrected chi connectivity index (χ2v) is 7.39. The van der Waals surface area contributed by atoms with Crippen molar-refractivity contribution in [2.24, 2.45) is 4.99 Å². The Kier molecular flexibility index (Phi) is 6.57. The Morgan fingerprint density at radius 2 is 1.44 bits per heavy atom. The van der Waals surface area contributed by atoms with Crippen molar-refractivity contribution in [1.82, 2.24) is 0 Å². The van der Waals surface area contributed by atoms with E-state index < -0.39 is 0 Å². The molecule has 158 valence electrons. The zero-order valence-electron chi connectivity index (χ0n) is 18.1. The molecule has 0 aliphatic heterocycles. The molecule has 0 heterocycles. The fourth-order valence-electron chi connectivity index (χ4n) is 3.64. The molecule has 0 spiro atoms. The lowest BCUT2D eigenvalue weighted by Crippen LogP contribution is -2.04. The first-order valence-electron chi connectivity index (χ1n) is 10.5. The monoisotopic (exact) mass is 421 g/mol. The van der Waals surface area contributed by atoms with Gasteiger partial charge in [-0.1, -0.05) is 72.8 Å². The number of hydrogen-bond donors (Lipinski definition) is 0. The summed E-state index contributed by atoms with van der Waals surface area (Å²) in [4.78, 5) is 4.76. The number of aliphatic imine (C=N–C) groups is 1. The maximum Gasteiger partial charge on any atom is 0.131 e. The highest BCUT2D eigenvalue weighted by Crippen LogP contribution is 2.32. The summed E-state index contributed by atoms with van der Waals surface area (Å²) in [5.74, 6) is 0.489. The Morgan fingerprint density at radius 3 is 2.09 bits per heavy atom. The fraction of sp³-hybridized carbons (Fsp3) is 0.0690. The molecule has 2 nitrogen and oxygen atoms in total. The standard InChI is InChI=1S/C29H24FNO/c1-21(31-24-16-18-25(32-2)19-17-24)26-14-9-15-28(30)29(26)27(23-12-7-4-8-13-23)20-22-10-5-3-6-11-22/h3-20H,1-2H3/b27-20-,31-21?. The lowest BCUT2D eigenvalue weighted by Gasteiger charge is -2.15. The normalized spacial score (nSPS) is 12.0. The van der Waals surface area contributed by atoms with Crippen molar-refractivity contribution in [3.63, 3.8) is 0 Å². The van der Waals surface area contributed by atoms with Crippen LogP contribution in [-0.2, 0) is 0 Å². The van der Waals surface area contributed by atoms with Gasteiger partial charge in [0.15, 0.2) is 0 Å². The van der Waals surface area contributed by atoms with Crippen LogP contribution in [0.5, 0.6) is 5.75 Å². The predicted octanol–water partition coefficient (Wildman–Crippen LogP) is 7.56. The van der Waals surface area contributed by atoms with Crippen LogP contribution in [0.1, 0.15) is 29.2 Å². The molecular weight excluding hydrogens is 397 g/mol. The van der Waals surface area contributed by atoms with E-state index in [1.54, 1.807) is 13.2 Å². The van der Waals surface area contributed by atoms with Crippen molar-refractivity contribution >= 4 is 23.0 Å². The summed E-state index contributed by atoms with van der Waals surface area (Å²) in [5, 5.41) is 0. The van der Waals surface area contributed by atoms with Crippen LogP contribution in [0.3, 0.4) is 0 Å². The minimum atomic E-state index is -0.280. The Labute approximate surface area is 188 Å². The Bertz CT molecular complexity index is 1240. The number of nitrogens with zero attached hydrogens (tertiary/aromatic N) is 1. The van der Waals surface area contributed by atoms with E-state index in [0.717, 1.165) is 39.4 Å². The van der Waals surface area contributed by atoms with Gasteiger partial charge in [-0.25, -0.2) is 4.39 Å². The molecule has 4 rings (SSSR count). The Balaban J connectivity index is 1.87. The molecule has 0 fully saturated rings. The molecule has 0 saturated carbocycles. The van der Waals surface area contributed by atoms with Gasteiger partial charge < -0.3 is 4.74 Å². The second-order valence-electron chi connectivity index (χ2n) is 7.39. The third-order valence-electron chi connectivity index (χ3n) is 5.24. The molecule has 0 amide bonds. The first-order valence-corrected chi connectivity index (χ1v) is 10.5. The van der Waals surface area contributed by atoms with Crippen molar-refractivity contribution in [1.29, 1.82) is 0 Å². The molecule has 4 aromatic rings. The van der Waals surface area contributed by atoms with Crippen LogP contribution in [-0.4, -0.2) is 12.8 Å². The molecule has 0 aromatic heterocycles. The molecule has 0 aliphatic rings. The van der Waals surface area contributed by atoms with E-state index in [1.165, 1.54) is 6.07 Å². The number of benzene rings is 4. The molecule has 0 radical (unpaired) electrons. The van der Waals surface area contributed by atoms with Crippen molar-refractivity contribution in [2.45, 2.75) is 6.92 Å². The van der Waals surface area contributed by atoms with E-state index in [-0.39, 0.29) is 5.82 Å². The Morgan fingerprint density at radius 1 is 0.781 bits per heavy atom. The summed E-state index contributed by atoms with van der Waals surface area (Å²) in [6.45, 7) is 1.91. The van der Waals surface area contributed by atoms with Crippen molar-refractivity contribution in [2.75, 3.05) is 7.11 Å². The van der Waals surface area contributed by atoms with E-state index in [0.29, 0.717) is 5.56 Å². The average molecular weight is 422 g/mol. The SMILES string of the molecule is COc1ccc(N=C(C)c2cccc(F)c2/C(=C\c2ccccc2)c2ccccc2)cc1. The van der Waals surface area contributed by atoms with Gasteiger partial charge in [0, 0.05) is 16.8 Å². The predicted molar refractivity (Wildman–Crippen MR) is 131 cm³/mol. The smallest absolute Gasteiger partial charge is 0.131 e. The van der Waals surface area contributed by atoms with E-state index in [2.05, 4.69) is 0 Å². The molecule has 0 saturated heterocycles. The van der Waals surface area contributed by atoms with E-state index >= 15 is 4.39 Å². The molecule has 4 aromatic carbocycles. The maximum absolute atomic E-state index is 15.4. The summed E-state index contributed by atoms with van der Waals surface area (Å²) in [6, 6.07) is 32.5. The molecule has 32 heavy (non-hydrogen) atoms. The minimum Gasteiger partial charge on any atom is -0.497 e. The molecular formula is C29H24FNO. The van der Waals surface area contributed by atoms with Crippen LogP contribution in [0.2, 0.25) is 0 Å². The largest absolute Gasteiger partial charge is 0.497 e. The van der Waals surface area contributed by atoms with Gasteiger partial charge in [0.2, 0.25) is 0 Å². The minimum absolute atomic E-state index is 0.280. The average Bonchev–Trinajstić information content (AvgIpc) is 2.84. The van der Waals surface area contributed by atoms with Gasteiger partial charge >= 0.3 is 0 Å². The number of hydrogen-bond acceptors (Lipinski definition) is 2.